The average molecular weight is 377 g/mol. The van der Waals surface area contributed by atoms with E-state index >= 15 is 0 Å². The van der Waals surface area contributed by atoms with Crippen LogP contribution in [0, 0.1) is 11.3 Å². The molecule has 0 spiro atoms. The van der Waals surface area contributed by atoms with Gasteiger partial charge in [-0.25, -0.2) is 0 Å². The van der Waals surface area contributed by atoms with E-state index in [1.54, 1.807) is 79.9 Å². The van der Waals surface area contributed by atoms with E-state index in [9.17, 15) is 10.1 Å². The van der Waals surface area contributed by atoms with Crippen molar-refractivity contribution in [3.63, 3.8) is 0 Å². The fraction of sp³-hybridized carbons (Fsp3) is 0.0909. The van der Waals surface area contributed by atoms with Crippen LogP contribution in [0.1, 0.15) is 11.1 Å². The predicted octanol–water partition coefficient (Wildman–Crippen LogP) is 4.80. The first-order chi connectivity index (χ1) is 13.1. The van der Waals surface area contributed by atoms with E-state index in [0.717, 1.165) is 0 Å². The maximum Gasteiger partial charge on any atom is 0.254 e. The Morgan fingerprint density at radius 3 is 2.22 bits per heavy atom. The SMILES string of the molecule is COc1ccc(NC(=O)C(C#N)(c2ccccc2)c2ccccc2Cl)cc1. The van der Waals surface area contributed by atoms with Crippen LogP contribution in [0.25, 0.3) is 0 Å². The lowest BCUT2D eigenvalue weighted by atomic mass is 9.74. The molecule has 0 aromatic heterocycles. The van der Waals surface area contributed by atoms with Crippen molar-refractivity contribution in [2.24, 2.45) is 0 Å². The lowest BCUT2D eigenvalue weighted by Gasteiger charge is -2.27. The third kappa shape index (κ3) is 3.51. The molecule has 0 fully saturated rings. The molecule has 4 nitrogen and oxygen atoms in total. The predicted molar refractivity (Wildman–Crippen MR) is 106 cm³/mol. The number of benzene rings is 3. The van der Waals surface area contributed by atoms with Crippen molar-refractivity contribution in [2.75, 3.05) is 12.4 Å². The van der Waals surface area contributed by atoms with Crippen LogP contribution in [-0.4, -0.2) is 13.0 Å². The summed E-state index contributed by atoms with van der Waals surface area (Å²) in [6.45, 7) is 0. The second-order valence-electron chi connectivity index (χ2n) is 5.89. The lowest BCUT2D eigenvalue weighted by molar-refractivity contribution is -0.118. The van der Waals surface area contributed by atoms with Crippen molar-refractivity contribution < 1.29 is 9.53 Å². The van der Waals surface area contributed by atoms with Gasteiger partial charge < -0.3 is 10.1 Å². The number of halogens is 1. The summed E-state index contributed by atoms with van der Waals surface area (Å²) in [6, 6.07) is 24.9. The summed E-state index contributed by atoms with van der Waals surface area (Å²) < 4.78 is 5.13. The Morgan fingerprint density at radius 2 is 1.63 bits per heavy atom. The summed E-state index contributed by atoms with van der Waals surface area (Å²) >= 11 is 6.38. The van der Waals surface area contributed by atoms with E-state index < -0.39 is 11.3 Å². The summed E-state index contributed by atoms with van der Waals surface area (Å²) in [5.74, 6) is 0.197. The Labute approximate surface area is 163 Å². The van der Waals surface area contributed by atoms with E-state index in [4.69, 9.17) is 16.3 Å². The average Bonchev–Trinajstić information content (AvgIpc) is 2.71. The highest BCUT2D eigenvalue weighted by Crippen LogP contribution is 2.37. The van der Waals surface area contributed by atoms with Gasteiger partial charge in [0.1, 0.15) is 5.75 Å². The Hall–Kier alpha value is -3.29. The molecule has 0 saturated heterocycles. The van der Waals surface area contributed by atoms with Crippen molar-refractivity contribution in [2.45, 2.75) is 5.41 Å². The number of nitrogens with zero attached hydrogens (tertiary/aromatic N) is 1. The van der Waals surface area contributed by atoms with E-state index in [1.165, 1.54) is 0 Å². The number of carbonyl (C=O) groups is 1. The van der Waals surface area contributed by atoms with Gasteiger partial charge >= 0.3 is 0 Å². The third-order valence-electron chi connectivity index (χ3n) is 4.34. The molecular formula is C22H17ClN2O2. The molecule has 0 heterocycles. The molecule has 27 heavy (non-hydrogen) atoms. The Morgan fingerprint density at radius 1 is 1.00 bits per heavy atom. The monoisotopic (exact) mass is 376 g/mol. The molecule has 1 atom stereocenters. The molecule has 3 aromatic rings. The zero-order valence-electron chi connectivity index (χ0n) is 14.6. The van der Waals surface area contributed by atoms with Gasteiger partial charge in [0.05, 0.1) is 13.2 Å². The normalized spacial score (nSPS) is 12.5. The van der Waals surface area contributed by atoms with Crippen molar-refractivity contribution in [1.82, 2.24) is 0 Å². The van der Waals surface area contributed by atoms with Crippen LogP contribution in [0.5, 0.6) is 5.75 Å². The summed E-state index contributed by atoms with van der Waals surface area (Å²) in [5.41, 5.74) is -0.0408. The molecule has 0 saturated carbocycles. The van der Waals surface area contributed by atoms with Crippen molar-refractivity contribution in [1.29, 1.82) is 5.26 Å². The number of methoxy groups -OCH3 is 1. The van der Waals surface area contributed by atoms with E-state index in [1.807, 2.05) is 6.07 Å². The number of nitrogens with one attached hydrogen (secondary N) is 1. The molecule has 0 bridgehead atoms. The summed E-state index contributed by atoms with van der Waals surface area (Å²) in [6.07, 6.45) is 0. The zero-order valence-corrected chi connectivity index (χ0v) is 15.4. The van der Waals surface area contributed by atoms with Crippen LogP contribution < -0.4 is 10.1 Å². The first-order valence-electron chi connectivity index (χ1n) is 8.29. The minimum absolute atomic E-state index is 0.354. The summed E-state index contributed by atoms with van der Waals surface area (Å²) in [7, 11) is 1.57. The standard InChI is InChI=1S/C22H17ClN2O2/c1-27-18-13-11-17(12-14-18)25-21(26)22(15-24,16-7-3-2-4-8-16)19-9-5-6-10-20(19)23/h2-14H,1H3,(H,25,26). The molecule has 0 aliphatic carbocycles. The fourth-order valence-electron chi connectivity index (χ4n) is 2.94. The molecule has 0 aliphatic heterocycles. The van der Waals surface area contributed by atoms with Gasteiger partial charge in [0.25, 0.3) is 5.91 Å². The van der Waals surface area contributed by atoms with E-state index in [2.05, 4.69) is 11.4 Å². The van der Waals surface area contributed by atoms with Crippen LogP contribution in [-0.2, 0) is 10.2 Å². The molecule has 3 aromatic carbocycles. The van der Waals surface area contributed by atoms with Crippen molar-refractivity contribution >= 4 is 23.2 Å². The smallest absolute Gasteiger partial charge is 0.254 e. The van der Waals surface area contributed by atoms with Crippen LogP contribution in [0.2, 0.25) is 5.02 Å². The minimum atomic E-state index is -1.58. The largest absolute Gasteiger partial charge is 0.497 e. The Balaban J connectivity index is 2.10. The second kappa shape index (κ2) is 7.94. The highest BCUT2D eigenvalue weighted by atomic mass is 35.5. The van der Waals surface area contributed by atoms with Gasteiger partial charge in [-0.05, 0) is 35.9 Å². The van der Waals surface area contributed by atoms with Crippen LogP contribution >= 0.6 is 11.6 Å². The highest BCUT2D eigenvalue weighted by Gasteiger charge is 2.44. The van der Waals surface area contributed by atoms with Gasteiger partial charge in [0.2, 0.25) is 0 Å². The molecule has 0 radical (unpaired) electrons. The first-order valence-corrected chi connectivity index (χ1v) is 8.67. The number of rotatable bonds is 5. The van der Waals surface area contributed by atoms with Crippen LogP contribution in [0.15, 0.2) is 78.9 Å². The number of nitriles is 1. The molecule has 1 N–H and O–H groups in total. The molecule has 5 heteroatoms. The van der Waals surface area contributed by atoms with Gasteiger partial charge in [-0.15, -0.1) is 0 Å². The van der Waals surface area contributed by atoms with Gasteiger partial charge in [0.15, 0.2) is 5.41 Å². The second-order valence-corrected chi connectivity index (χ2v) is 6.30. The Bertz CT molecular complexity index is 981. The summed E-state index contributed by atoms with van der Waals surface area (Å²) in [4.78, 5) is 13.3. The lowest BCUT2D eigenvalue weighted by Crippen LogP contribution is -2.40. The number of amides is 1. The quantitative estimate of drug-likeness (QED) is 0.695. The van der Waals surface area contributed by atoms with E-state index in [0.29, 0.717) is 27.6 Å². The summed E-state index contributed by atoms with van der Waals surface area (Å²) in [5, 5.41) is 13.3. The molecular weight excluding hydrogens is 360 g/mol. The van der Waals surface area contributed by atoms with Gasteiger partial charge in [0, 0.05) is 16.3 Å². The van der Waals surface area contributed by atoms with Crippen molar-refractivity contribution in [3.8, 4) is 11.8 Å². The Kier molecular flexibility index (Phi) is 5.44. The van der Waals surface area contributed by atoms with E-state index in [-0.39, 0.29) is 0 Å². The van der Waals surface area contributed by atoms with Gasteiger partial charge in [-0.3, -0.25) is 4.79 Å². The number of carbonyl (C=O) groups excluding carboxylic acids is 1. The fourth-order valence-corrected chi connectivity index (χ4v) is 3.21. The maximum atomic E-state index is 13.3. The minimum Gasteiger partial charge on any atom is -0.497 e. The zero-order chi connectivity index (χ0) is 19.3. The molecule has 1 unspecified atom stereocenters. The van der Waals surface area contributed by atoms with Gasteiger partial charge in [-0.1, -0.05) is 60.1 Å². The molecule has 0 aliphatic rings. The first kappa shape index (κ1) is 18.5. The third-order valence-corrected chi connectivity index (χ3v) is 4.67. The highest BCUT2D eigenvalue weighted by molar-refractivity contribution is 6.32. The number of hydrogen-bond acceptors (Lipinski definition) is 3. The number of hydrogen-bond donors (Lipinski definition) is 1. The van der Waals surface area contributed by atoms with Gasteiger partial charge in [-0.2, -0.15) is 5.26 Å². The molecule has 3 rings (SSSR count). The number of ether oxygens (including phenoxy) is 1. The molecule has 134 valence electrons. The van der Waals surface area contributed by atoms with Crippen LogP contribution in [0.4, 0.5) is 5.69 Å². The molecule has 1 amide bonds. The van der Waals surface area contributed by atoms with Crippen LogP contribution in [0.3, 0.4) is 0 Å². The maximum absolute atomic E-state index is 13.3. The van der Waals surface area contributed by atoms with Crippen molar-refractivity contribution in [3.05, 3.63) is 95.0 Å². The topological polar surface area (TPSA) is 62.1 Å². The number of anilines is 1.